The number of fused-ring (bicyclic) bond motifs is 4. The summed E-state index contributed by atoms with van der Waals surface area (Å²) in [7, 11) is 0. The predicted octanol–water partition coefficient (Wildman–Crippen LogP) is 17.1. The molecule has 0 amide bonds. The summed E-state index contributed by atoms with van der Waals surface area (Å²) in [5.41, 5.74) is 23.2. The maximum Gasteiger partial charge on any atom is 0.138 e. The van der Waals surface area contributed by atoms with Gasteiger partial charge in [-0.3, -0.25) is 4.57 Å². The third kappa shape index (κ3) is 7.09. The highest BCUT2D eigenvalue weighted by Crippen LogP contribution is 2.48. The van der Waals surface area contributed by atoms with Gasteiger partial charge in [0.05, 0.1) is 22.4 Å². The summed E-state index contributed by atoms with van der Waals surface area (Å²) in [6.07, 6.45) is 2.00. The van der Waals surface area contributed by atoms with Gasteiger partial charge in [0, 0.05) is 33.8 Å². The molecule has 8 aromatic carbocycles. The molecule has 1 aliphatic rings. The van der Waals surface area contributed by atoms with Crippen molar-refractivity contribution in [3.05, 3.63) is 227 Å². The lowest BCUT2D eigenvalue weighted by molar-refractivity contribution is 0.641. The van der Waals surface area contributed by atoms with Crippen LogP contribution in [0.15, 0.2) is 188 Å². The lowest BCUT2D eigenvalue weighted by atomic mass is 9.77. The van der Waals surface area contributed by atoms with Crippen LogP contribution in [0.2, 0.25) is 0 Å². The zero-order chi connectivity index (χ0) is 46.8. The van der Waals surface area contributed by atoms with Crippen molar-refractivity contribution in [2.75, 3.05) is 16.5 Å². The van der Waals surface area contributed by atoms with Crippen molar-refractivity contribution in [2.24, 2.45) is 0 Å². The van der Waals surface area contributed by atoms with Gasteiger partial charge in [0.15, 0.2) is 0 Å². The Morgan fingerprint density at radius 2 is 1.03 bits per heavy atom. The predicted molar refractivity (Wildman–Crippen MR) is 289 cm³/mol. The van der Waals surface area contributed by atoms with Gasteiger partial charge in [0.25, 0.3) is 0 Å². The molecule has 0 aliphatic carbocycles. The largest absolute Gasteiger partial charge is 0.321 e. The van der Waals surface area contributed by atoms with Gasteiger partial charge in [-0.1, -0.05) is 155 Å². The van der Waals surface area contributed by atoms with Crippen molar-refractivity contribution in [3.8, 4) is 39.2 Å². The van der Waals surface area contributed by atoms with E-state index in [-0.39, 0.29) is 5.41 Å². The van der Waals surface area contributed by atoms with E-state index in [1.165, 1.54) is 100 Å². The molecule has 0 unspecified atom stereocenters. The van der Waals surface area contributed by atoms with Crippen LogP contribution in [0.1, 0.15) is 72.6 Å². The van der Waals surface area contributed by atoms with E-state index in [1.807, 2.05) is 6.20 Å². The van der Waals surface area contributed by atoms with Gasteiger partial charge < -0.3 is 9.80 Å². The summed E-state index contributed by atoms with van der Waals surface area (Å²) in [6, 6.07) is 67.3. The Labute approximate surface area is 401 Å². The first kappa shape index (κ1) is 42.9. The average molecular weight is 883 g/mol. The third-order valence-electron chi connectivity index (χ3n) is 14.7. The number of anilines is 4. The minimum absolute atomic E-state index is 0.325. The van der Waals surface area contributed by atoms with Gasteiger partial charge in [-0.2, -0.15) is 0 Å². The average Bonchev–Trinajstić information content (AvgIpc) is 3.90. The van der Waals surface area contributed by atoms with Gasteiger partial charge in [-0.05, 0) is 161 Å². The van der Waals surface area contributed by atoms with Crippen molar-refractivity contribution in [1.82, 2.24) is 9.55 Å². The van der Waals surface area contributed by atoms with Crippen molar-refractivity contribution in [2.45, 2.75) is 66.7 Å². The maximum atomic E-state index is 5.20. The summed E-state index contributed by atoms with van der Waals surface area (Å²) < 4.78 is 2.38. The van der Waals surface area contributed by atoms with Crippen molar-refractivity contribution < 1.29 is 0 Å². The summed E-state index contributed by atoms with van der Waals surface area (Å²) >= 11 is 0. The number of pyridine rings is 1. The Morgan fingerprint density at radius 1 is 0.471 bits per heavy atom. The molecule has 1 aliphatic heterocycles. The topological polar surface area (TPSA) is 24.3 Å². The molecule has 11 rings (SSSR count). The van der Waals surface area contributed by atoms with E-state index in [4.69, 9.17) is 4.98 Å². The molecular weight excluding hydrogens is 825 g/mol. The van der Waals surface area contributed by atoms with Gasteiger partial charge >= 0.3 is 0 Å². The number of aryl methyl sites for hydroxylation is 4. The second kappa shape index (κ2) is 16.9. The standard InChI is InChI=1S/C64H58N4/c1-41(2)50-25-9-11-29-55(50)67-40-66(57-31-13-14-32-58(57)67)49-24-17-23-47(38-49)64(7,8)48-33-34-52-51-26-10-12-30-56(51)68(59(52)39-48)60-37-46(35-36-65-60)63-53(61-42(3)19-15-20-43(61)4)27-18-28-54(63)62-44(5)21-16-22-45(62)6/h9-39,41H,40H2,1-8H3. The Morgan fingerprint density at radius 3 is 1.71 bits per heavy atom. The van der Waals surface area contributed by atoms with Crippen LogP contribution in [0.5, 0.6) is 0 Å². The molecule has 0 saturated heterocycles. The second-order valence-electron chi connectivity index (χ2n) is 19.6. The molecule has 0 N–H and O–H groups in total. The van der Waals surface area contributed by atoms with Gasteiger partial charge in [-0.15, -0.1) is 0 Å². The number of aromatic nitrogens is 2. The summed E-state index contributed by atoms with van der Waals surface area (Å²) in [5, 5.41) is 2.42. The highest BCUT2D eigenvalue weighted by molar-refractivity contribution is 6.09. The van der Waals surface area contributed by atoms with Crippen LogP contribution in [0, 0.1) is 27.7 Å². The normalized spacial score (nSPS) is 12.7. The van der Waals surface area contributed by atoms with Crippen LogP contribution in [0.4, 0.5) is 22.7 Å². The van der Waals surface area contributed by atoms with Crippen LogP contribution in [-0.2, 0) is 5.41 Å². The minimum atomic E-state index is -0.325. The Kier molecular flexibility index (Phi) is 10.7. The molecule has 0 atom stereocenters. The number of hydrogen-bond donors (Lipinski definition) is 0. The fraction of sp³-hybridized carbons (Fsp3) is 0.172. The van der Waals surface area contributed by atoms with Crippen LogP contribution < -0.4 is 9.80 Å². The minimum Gasteiger partial charge on any atom is -0.321 e. The first-order valence-corrected chi connectivity index (χ1v) is 24.1. The SMILES string of the molecule is Cc1cccc(C)c1-c1cccc(-c2c(C)cccc2C)c1-c1ccnc(-n2c3ccccc3c3ccc(C(C)(C)c4cccc(N5CN(c6ccccc6C(C)C)c6ccccc65)c4)cc32)c1. The van der Waals surface area contributed by atoms with E-state index in [1.54, 1.807) is 0 Å². The van der Waals surface area contributed by atoms with E-state index in [9.17, 15) is 0 Å². The zero-order valence-electron chi connectivity index (χ0n) is 40.5. The molecule has 0 bridgehead atoms. The number of para-hydroxylation sites is 4. The zero-order valence-corrected chi connectivity index (χ0v) is 40.5. The monoisotopic (exact) mass is 882 g/mol. The van der Waals surface area contributed by atoms with E-state index >= 15 is 0 Å². The lowest BCUT2D eigenvalue weighted by Gasteiger charge is -2.29. The van der Waals surface area contributed by atoms with Crippen molar-refractivity contribution in [3.63, 3.8) is 0 Å². The molecule has 10 aromatic rings. The van der Waals surface area contributed by atoms with Crippen LogP contribution in [0.3, 0.4) is 0 Å². The van der Waals surface area contributed by atoms with E-state index in [0.29, 0.717) is 5.92 Å². The third-order valence-corrected chi connectivity index (χ3v) is 14.7. The second-order valence-corrected chi connectivity index (χ2v) is 19.6. The molecule has 3 heterocycles. The molecule has 0 fully saturated rings. The molecule has 334 valence electrons. The first-order chi connectivity index (χ1) is 33.0. The summed E-state index contributed by atoms with van der Waals surface area (Å²) in [6.45, 7) is 19.0. The summed E-state index contributed by atoms with van der Waals surface area (Å²) in [5.74, 6) is 1.31. The fourth-order valence-corrected chi connectivity index (χ4v) is 11.2. The molecule has 0 saturated carbocycles. The molecule has 68 heavy (non-hydrogen) atoms. The fourth-order valence-electron chi connectivity index (χ4n) is 11.2. The lowest BCUT2D eigenvalue weighted by Crippen LogP contribution is -2.25. The van der Waals surface area contributed by atoms with Crippen molar-refractivity contribution in [1.29, 1.82) is 0 Å². The Hall–Kier alpha value is -7.69. The molecule has 0 spiro atoms. The number of nitrogens with zero attached hydrogens (tertiary/aromatic N) is 4. The summed E-state index contributed by atoms with van der Waals surface area (Å²) in [4.78, 5) is 10.1. The van der Waals surface area contributed by atoms with Gasteiger partial charge in [0.1, 0.15) is 12.5 Å². The van der Waals surface area contributed by atoms with Crippen LogP contribution in [-0.4, -0.2) is 16.2 Å². The van der Waals surface area contributed by atoms with Crippen LogP contribution in [0.25, 0.3) is 61.0 Å². The van der Waals surface area contributed by atoms with E-state index < -0.39 is 0 Å². The molecule has 4 nitrogen and oxygen atoms in total. The highest BCUT2D eigenvalue weighted by atomic mass is 15.4. The highest BCUT2D eigenvalue weighted by Gasteiger charge is 2.31. The first-order valence-electron chi connectivity index (χ1n) is 24.1. The molecular formula is C64H58N4. The smallest absolute Gasteiger partial charge is 0.138 e. The van der Waals surface area contributed by atoms with E-state index in [2.05, 4.69) is 252 Å². The quantitative estimate of drug-likeness (QED) is 0.144. The molecule has 0 radical (unpaired) electrons. The molecule has 4 heteroatoms. The molecule has 2 aromatic heterocycles. The van der Waals surface area contributed by atoms with Gasteiger partial charge in [0.2, 0.25) is 0 Å². The van der Waals surface area contributed by atoms with Gasteiger partial charge in [-0.25, -0.2) is 4.98 Å². The maximum absolute atomic E-state index is 5.20. The van der Waals surface area contributed by atoms with Crippen LogP contribution >= 0.6 is 0 Å². The van der Waals surface area contributed by atoms with E-state index in [0.717, 1.165) is 29.1 Å². The number of benzene rings is 8. The Bertz CT molecular complexity index is 3460. The Balaban J connectivity index is 1.04. The number of hydrogen-bond acceptors (Lipinski definition) is 3. The number of rotatable bonds is 9. The van der Waals surface area contributed by atoms with Crippen molar-refractivity contribution >= 4 is 44.6 Å².